The van der Waals surface area contributed by atoms with Gasteiger partial charge in [-0.25, -0.2) is 13.8 Å². The van der Waals surface area contributed by atoms with E-state index in [0.29, 0.717) is 0 Å². The van der Waals surface area contributed by atoms with Crippen LogP contribution in [0.15, 0.2) is 10.7 Å². The monoisotopic (exact) mass is 285 g/mol. The minimum Gasteiger partial charge on any atom is -0.504 e. The van der Waals surface area contributed by atoms with Crippen LogP contribution in [0.3, 0.4) is 0 Å². The lowest BCUT2D eigenvalue weighted by molar-refractivity contribution is 0.107. The molecule has 0 aliphatic heterocycles. The minimum absolute atomic E-state index is 0.237. The number of aromatic nitrogens is 1. The maximum Gasteiger partial charge on any atom is 0.280 e. The van der Waals surface area contributed by atoms with E-state index in [0.717, 1.165) is 6.07 Å². The molecule has 0 fully saturated rings. The van der Waals surface area contributed by atoms with Gasteiger partial charge in [0.15, 0.2) is 5.75 Å². The fraction of sp³-hybridized carbons (Fsp3) is 0.143. The van der Waals surface area contributed by atoms with E-state index in [1.807, 2.05) is 0 Å². The lowest BCUT2D eigenvalue weighted by atomic mass is 10.2. The Hall–Kier alpha value is -0.750. The van der Waals surface area contributed by atoms with Crippen molar-refractivity contribution in [2.45, 2.75) is 6.43 Å². The molecule has 1 rings (SSSR count). The molecule has 1 heterocycles. The molecular weight excluding hydrogens is 283 g/mol. The molecule has 0 aromatic carbocycles. The van der Waals surface area contributed by atoms with Crippen molar-refractivity contribution in [2.75, 3.05) is 0 Å². The van der Waals surface area contributed by atoms with E-state index < -0.39 is 28.7 Å². The van der Waals surface area contributed by atoms with Crippen molar-refractivity contribution in [3.63, 3.8) is 0 Å². The van der Waals surface area contributed by atoms with E-state index in [4.69, 9.17) is 11.6 Å². The standard InChI is InChI=1S/C7H3BrClF2NO2/c8-5-4(13)2(6(9)14)1-3(12-5)7(10)11/h1,7,13H. The molecule has 0 aliphatic rings. The maximum absolute atomic E-state index is 12.2. The van der Waals surface area contributed by atoms with Crippen LogP contribution in [0.25, 0.3) is 0 Å². The predicted molar refractivity (Wildman–Crippen MR) is 48.7 cm³/mol. The number of nitrogens with zero attached hydrogens (tertiary/aromatic N) is 1. The molecule has 0 aliphatic carbocycles. The van der Waals surface area contributed by atoms with Crippen molar-refractivity contribution in [3.05, 3.63) is 21.9 Å². The maximum atomic E-state index is 12.2. The average molecular weight is 286 g/mol. The summed E-state index contributed by atoms with van der Waals surface area (Å²) in [5.74, 6) is -0.547. The predicted octanol–water partition coefficient (Wildman–Crippen LogP) is 2.87. The van der Waals surface area contributed by atoms with Crippen LogP contribution in [0, 0.1) is 0 Å². The summed E-state index contributed by atoms with van der Waals surface area (Å²) in [6, 6.07) is 0.750. The summed E-state index contributed by atoms with van der Waals surface area (Å²) in [4.78, 5) is 14.0. The summed E-state index contributed by atoms with van der Waals surface area (Å²) in [5, 5.41) is 8.19. The number of carbonyl (C=O) groups excluding carboxylic acids is 1. The molecule has 0 saturated carbocycles. The highest BCUT2D eigenvalue weighted by Gasteiger charge is 2.18. The van der Waals surface area contributed by atoms with Gasteiger partial charge in [0, 0.05) is 0 Å². The summed E-state index contributed by atoms with van der Waals surface area (Å²) in [5.41, 5.74) is -1.03. The molecule has 0 saturated heterocycles. The number of aromatic hydroxyl groups is 1. The van der Waals surface area contributed by atoms with Crippen LogP contribution >= 0.6 is 27.5 Å². The van der Waals surface area contributed by atoms with Gasteiger partial charge in [-0.3, -0.25) is 4.79 Å². The van der Waals surface area contributed by atoms with E-state index in [-0.39, 0.29) is 4.60 Å². The van der Waals surface area contributed by atoms with Gasteiger partial charge in [0.1, 0.15) is 10.3 Å². The Bertz CT molecular complexity index is 386. The Morgan fingerprint density at radius 3 is 2.64 bits per heavy atom. The Kier molecular flexibility index (Phi) is 3.38. The molecule has 0 bridgehead atoms. The molecule has 0 radical (unpaired) electrons. The van der Waals surface area contributed by atoms with Crippen LogP contribution < -0.4 is 0 Å². The first-order chi connectivity index (χ1) is 6.43. The molecule has 0 amide bonds. The highest BCUT2D eigenvalue weighted by Crippen LogP contribution is 2.30. The number of pyridine rings is 1. The molecule has 1 N–H and O–H groups in total. The van der Waals surface area contributed by atoms with E-state index in [9.17, 15) is 18.7 Å². The van der Waals surface area contributed by atoms with Crippen LogP contribution in [0.2, 0.25) is 0 Å². The fourth-order valence-corrected chi connectivity index (χ4v) is 1.35. The van der Waals surface area contributed by atoms with Gasteiger partial charge in [0.2, 0.25) is 0 Å². The number of alkyl halides is 2. The molecule has 0 atom stereocenters. The highest BCUT2D eigenvalue weighted by atomic mass is 79.9. The van der Waals surface area contributed by atoms with Gasteiger partial charge in [-0.2, -0.15) is 0 Å². The number of halogens is 4. The molecule has 1 aromatic heterocycles. The van der Waals surface area contributed by atoms with Gasteiger partial charge < -0.3 is 5.11 Å². The number of rotatable bonds is 2. The number of hydrogen-bond donors (Lipinski definition) is 1. The molecule has 1 aromatic rings. The van der Waals surface area contributed by atoms with Crippen molar-refractivity contribution < 1.29 is 18.7 Å². The van der Waals surface area contributed by atoms with Crippen molar-refractivity contribution >= 4 is 32.8 Å². The zero-order chi connectivity index (χ0) is 10.9. The third-order valence-electron chi connectivity index (χ3n) is 1.41. The normalized spacial score (nSPS) is 10.6. The van der Waals surface area contributed by atoms with E-state index >= 15 is 0 Å². The van der Waals surface area contributed by atoms with Gasteiger partial charge in [0.05, 0.1) is 5.56 Å². The minimum atomic E-state index is -2.83. The van der Waals surface area contributed by atoms with Crippen molar-refractivity contribution in [3.8, 4) is 5.75 Å². The second kappa shape index (κ2) is 4.18. The zero-order valence-corrected chi connectivity index (χ0v) is 8.81. The van der Waals surface area contributed by atoms with E-state index in [1.54, 1.807) is 0 Å². The molecule has 7 heteroatoms. The number of hydrogen-bond acceptors (Lipinski definition) is 3. The van der Waals surface area contributed by atoms with Gasteiger partial charge in [-0.15, -0.1) is 0 Å². The zero-order valence-electron chi connectivity index (χ0n) is 6.47. The van der Waals surface area contributed by atoms with E-state index in [2.05, 4.69) is 20.9 Å². The molecule has 3 nitrogen and oxygen atoms in total. The van der Waals surface area contributed by atoms with Crippen LogP contribution in [0.1, 0.15) is 22.5 Å². The van der Waals surface area contributed by atoms with Gasteiger partial charge in [-0.1, -0.05) is 0 Å². The van der Waals surface area contributed by atoms with Crippen LogP contribution in [0.4, 0.5) is 8.78 Å². The van der Waals surface area contributed by atoms with Gasteiger partial charge >= 0.3 is 0 Å². The Labute approximate surface area is 90.8 Å². The molecule has 0 spiro atoms. The van der Waals surface area contributed by atoms with Crippen molar-refractivity contribution in [1.82, 2.24) is 4.98 Å². The first-order valence-electron chi connectivity index (χ1n) is 3.31. The van der Waals surface area contributed by atoms with Crippen molar-refractivity contribution in [1.29, 1.82) is 0 Å². The summed E-state index contributed by atoms with van der Waals surface area (Å²) < 4.78 is 24.2. The number of carbonyl (C=O) groups is 1. The Morgan fingerprint density at radius 1 is 1.64 bits per heavy atom. The summed E-state index contributed by atoms with van der Waals surface area (Å²) in [6.45, 7) is 0. The first kappa shape index (κ1) is 11.3. The quantitative estimate of drug-likeness (QED) is 0.672. The molecule has 14 heavy (non-hydrogen) atoms. The third kappa shape index (κ3) is 2.19. The fourth-order valence-electron chi connectivity index (χ4n) is 0.788. The Balaban J connectivity index is 3.35. The molecule has 76 valence electrons. The Morgan fingerprint density at radius 2 is 2.21 bits per heavy atom. The summed E-state index contributed by atoms with van der Waals surface area (Å²) in [7, 11) is 0. The van der Waals surface area contributed by atoms with E-state index in [1.165, 1.54) is 0 Å². The molecule has 0 unspecified atom stereocenters. The lowest BCUT2D eigenvalue weighted by Crippen LogP contribution is -1.98. The van der Waals surface area contributed by atoms with Crippen molar-refractivity contribution in [2.24, 2.45) is 0 Å². The lowest BCUT2D eigenvalue weighted by Gasteiger charge is -2.04. The highest BCUT2D eigenvalue weighted by molar-refractivity contribution is 9.10. The van der Waals surface area contributed by atoms with Crippen LogP contribution in [-0.4, -0.2) is 15.3 Å². The second-order valence-corrected chi connectivity index (χ2v) is 3.40. The summed E-state index contributed by atoms with van der Waals surface area (Å²) >= 11 is 7.79. The molecular formula is C7H3BrClF2NO2. The second-order valence-electron chi connectivity index (χ2n) is 2.31. The SMILES string of the molecule is O=C(Cl)c1cc(C(F)F)nc(Br)c1O. The average Bonchev–Trinajstić information content (AvgIpc) is 2.08. The topological polar surface area (TPSA) is 50.2 Å². The smallest absolute Gasteiger partial charge is 0.280 e. The van der Waals surface area contributed by atoms with Crippen LogP contribution in [-0.2, 0) is 0 Å². The third-order valence-corrected chi connectivity index (χ3v) is 2.16. The first-order valence-corrected chi connectivity index (χ1v) is 4.48. The largest absolute Gasteiger partial charge is 0.504 e. The summed E-state index contributed by atoms with van der Waals surface area (Å²) in [6.07, 6.45) is -2.83. The van der Waals surface area contributed by atoms with Gasteiger partial charge in [-0.05, 0) is 33.6 Å². The van der Waals surface area contributed by atoms with Gasteiger partial charge in [0.25, 0.3) is 11.7 Å². The van der Waals surface area contributed by atoms with Crippen LogP contribution in [0.5, 0.6) is 5.75 Å².